The van der Waals surface area contributed by atoms with Crippen LogP contribution in [-0.4, -0.2) is 37.4 Å². The van der Waals surface area contributed by atoms with Crippen LogP contribution in [0.5, 0.6) is 11.6 Å². The number of alkyl halides is 3. The summed E-state index contributed by atoms with van der Waals surface area (Å²) >= 11 is 0. The molecule has 1 unspecified atom stereocenters. The summed E-state index contributed by atoms with van der Waals surface area (Å²) in [6, 6.07) is 7.42. The first-order valence-electron chi connectivity index (χ1n) is 8.98. The van der Waals surface area contributed by atoms with E-state index in [2.05, 4.69) is 9.97 Å². The van der Waals surface area contributed by atoms with Crippen molar-refractivity contribution in [3.8, 4) is 11.6 Å². The zero-order chi connectivity index (χ0) is 22.1. The zero-order valence-corrected chi connectivity index (χ0v) is 16.5. The summed E-state index contributed by atoms with van der Waals surface area (Å²) in [5, 5.41) is 9.26. The molecule has 0 bridgehead atoms. The maximum atomic E-state index is 12.6. The summed E-state index contributed by atoms with van der Waals surface area (Å²) in [7, 11) is 0. The quantitative estimate of drug-likeness (QED) is 0.599. The maximum Gasteiger partial charge on any atom is 0.418 e. The van der Waals surface area contributed by atoms with E-state index in [1.54, 1.807) is 42.9 Å². The van der Waals surface area contributed by atoms with Crippen molar-refractivity contribution >= 4 is 17.0 Å². The molecule has 2 aromatic heterocycles. The Labute approximate surface area is 170 Å². The van der Waals surface area contributed by atoms with E-state index in [-0.39, 0.29) is 11.4 Å². The van der Waals surface area contributed by atoms with Gasteiger partial charge in [-0.3, -0.25) is 4.79 Å². The second-order valence-corrected chi connectivity index (χ2v) is 7.35. The highest BCUT2D eigenvalue weighted by molar-refractivity contribution is 5.77. The molecule has 0 saturated carbocycles. The lowest BCUT2D eigenvalue weighted by atomic mass is 10.1. The van der Waals surface area contributed by atoms with E-state index in [1.807, 2.05) is 0 Å². The third-order valence-corrected chi connectivity index (χ3v) is 4.17. The predicted molar refractivity (Wildman–Crippen MR) is 101 cm³/mol. The molecule has 7 nitrogen and oxygen atoms in total. The van der Waals surface area contributed by atoms with Crippen LogP contribution in [0.15, 0.2) is 42.9 Å². The lowest BCUT2D eigenvalue weighted by Crippen LogP contribution is -2.32. The van der Waals surface area contributed by atoms with Crippen molar-refractivity contribution in [2.24, 2.45) is 0 Å². The van der Waals surface area contributed by atoms with Crippen LogP contribution in [0.3, 0.4) is 0 Å². The normalized spacial score (nSPS) is 13.3. The molecule has 0 aliphatic carbocycles. The zero-order valence-electron chi connectivity index (χ0n) is 16.5. The molecular formula is C20H20F3N3O4. The number of aliphatic hydroxyl groups is 1. The van der Waals surface area contributed by atoms with Crippen molar-refractivity contribution in [2.75, 3.05) is 0 Å². The first kappa shape index (κ1) is 21.6. The second-order valence-electron chi connectivity index (χ2n) is 7.35. The summed E-state index contributed by atoms with van der Waals surface area (Å²) in [4.78, 5) is 19.4. The fourth-order valence-electron chi connectivity index (χ4n) is 2.98. The van der Waals surface area contributed by atoms with Gasteiger partial charge in [-0.05, 0) is 32.0 Å². The molecule has 2 heterocycles. The molecule has 0 fully saturated rings. The molecule has 0 aliphatic rings. The van der Waals surface area contributed by atoms with Crippen LogP contribution >= 0.6 is 0 Å². The second kappa shape index (κ2) is 7.94. The van der Waals surface area contributed by atoms with E-state index >= 15 is 0 Å². The number of hydrogen-bond donors (Lipinski definition) is 1. The molecule has 0 spiro atoms. The van der Waals surface area contributed by atoms with E-state index in [0.29, 0.717) is 17.8 Å². The number of hydrogen-bond acceptors (Lipinski definition) is 6. The van der Waals surface area contributed by atoms with Crippen molar-refractivity contribution in [1.82, 2.24) is 14.5 Å². The Bertz CT molecular complexity index is 1050. The van der Waals surface area contributed by atoms with Crippen LogP contribution in [0.25, 0.3) is 11.0 Å². The van der Waals surface area contributed by atoms with Gasteiger partial charge in [-0.2, -0.15) is 13.2 Å². The Balaban J connectivity index is 1.80. The SMILES string of the molecule is CC(=O)OC(C)(C)Cn1cnc2ccc(Oc3ccc(C(O)C(F)(F)F)cn3)cc21. The lowest BCUT2D eigenvalue weighted by molar-refractivity contribution is -0.206. The lowest BCUT2D eigenvalue weighted by Gasteiger charge is -2.25. The van der Waals surface area contributed by atoms with Gasteiger partial charge in [0.1, 0.15) is 11.4 Å². The van der Waals surface area contributed by atoms with Gasteiger partial charge in [0, 0.05) is 30.8 Å². The standard InChI is InChI=1S/C20H20F3N3O4/c1-12(27)30-19(2,3)10-26-11-25-15-6-5-14(8-16(15)26)29-17-7-4-13(9-24-17)18(28)20(21,22)23/h4-9,11,18,28H,10H2,1-3H3. The molecule has 1 aromatic carbocycles. The molecule has 30 heavy (non-hydrogen) atoms. The highest BCUT2D eigenvalue weighted by atomic mass is 19.4. The van der Waals surface area contributed by atoms with Crippen LogP contribution in [0.2, 0.25) is 0 Å². The highest BCUT2D eigenvalue weighted by Crippen LogP contribution is 2.33. The molecule has 0 radical (unpaired) electrons. The highest BCUT2D eigenvalue weighted by Gasteiger charge is 2.39. The van der Waals surface area contributed by atoms with Crippen molar-refractivity contribution in [3.63, 3.8) is 0 Å². The van der Waals surface area contributed by atoms with Crippen LogP contribution < -0.4 is 4.74 Å². The number of aliphatic hydroxyl groups excluding tert-OH is 1. The van der Waals surface area contributed by atoms with E-state index in [1.165, 1.54) is 13.0 Å². The number of nitrogens with zero attached hydrogens (tertiary/aromatic N) is 3. The third kappa shape index (κ3) is 5.07. The minimum absolute atomic E-state index is 0.0683. The fourth-order valence-corrected chi connectivity index (χ4v) is 2.98. The molecule has 1 atom stereocenters. The van der Waals surface area contributed by atoms with Gasteiger partial charge in [0.2, 0.25) is 5.88 Å². The number of pyridine rings is 1. The smallest absolute Gasteiger partial charge is 0.418 e. The topological polar surface area (TPSA) is 86.5 Å². The van der Waals surface area contributed by atoms with Gasteiger partial charge in [0.25, 0.3) is 0 Å². The van der Waals surface area contributed by atoms with Gasteiger partial charge >= 0.3 is 12.1 Å². The number of carbonyl (C=O) groups excluding carboxylic acids is 1. The van der Waals surface area contributed by atoms with Crippen molar-refractivity contribution in [2.45, 2.75) is 45.2 Å². The number of ether oxygens (including phenoxy) is 2. The fraction of sp³-hybridized carbons (Fsp3) is 0.350. The van der Waals surface area contributed by atoms with E-state index in [4.69, 9.17) is 9.47 Å². The van der Waals surface area contributed by atoms with Crippen molar-refractivity contribution in [1.29, 1.82) is 0 Å². The molecular weight excluding hydrogens is 403 g/mol. The van der Waals surface area contributed by atoms with Crippen LogP contribution in [-0.2, 0) is 16.1 Å². The average molecular weight is 423 g/mol. The Hall–Kier alpha value is -3.14. The first-order valence-corrected chi connectivity index (χ1v) is 8.98. The summed E-state index contributed by atoms with van der Waals surface area (Å²) in [6.07, 6.45) is -4.85. The number of esters is 1. The molecule has 10 heteroatoms. The molecule has 3 rings (SSSR count). The minimum atomic E-state index is -4.77. The molecule has 0 saturated heterocycles. The van der Waals surface area contributed by atoms with Crippen LogP contribution in [0.1, 0.15) is 32.4 Å². The van der Waals surface area contributed by atoms with Crippen molar-refractivity contribution < 1.29 is 32.5 Å². The number of fused-ring (bicyclic) bond motifs is 1. The van der Waals surface area contributed by atoms with Gasteiger partial charge < -0.3 is 19.1 Å². The maximum absolute atomic E-state index is 12.6. The van der Waals surface area contributed by atoms with Gasteiger partial charge in [0.05, 0.1) is 23.9 Å². The first-order chi connectivity index (χ1) is 13.9. The van der Waals surface area contributed by atoms with Crippen molar-refractivity contribution in [3.05, 3.63) is 48.4 Å². The Kier molecular flexibility index (Phi) is 5.71. The average Bonchev–Trinajstić information content (AvgIpc) is 3.01. The number of rotatable bonds is 6. The van der Waals surface area contributed by atoms with Gasteiger partial charge in [-0.15, -0.1) is 0 Å². The monoisotopic (exact) mass is 423 g/mol. The van der Waals surface area contributed by atoms with Gasteiger partial charge in [-0.1, -0.05) is 0 Å². The largest absolute Gasteiger partial charge is 0.458 e. The summed E-state index contributed by atoms with van der Waals surface area (Å²) < 4.78 is 50.5. The Morgan fingerprint density at radius 2 is 1.93 bits per heavy atom. The minimum Gasteiger partial charge on any atom is -0.458 e. The number of carbonyl (C=O) groups is 1. The number of imidazole rings is 1. The summed E-state index contributed by atoms with van der Waals surface area (Å²) in [5.41, 5.74) is 0.276. The Morgan fingerprint density at radius 1 is 1.20 bits per heavy atom. The van der Waals surface area contributed by atoms with Gasteiger partial charge in [0.15, 0.2) is 6.10 Å². The van der Waals surface area contributed by atoms with E-state index in [9.17, 15) is 23.1 Å². The van der Waals surface area contributed by atoms with E-state index < -0.39 is 23.9 Å². The third-order valence-electron chi connectivity index (χ3n) is 4.17. The van der Waals surface area contributed by atoms with Crippen LogP contribution in [0.4, 0.5) is 13.2 Å². The molecule has 1 N–H and O–H groups in total. The Morgan fingerprint density at radius 3 is 2.53 bits per heavy atom. The molecule has 160 valence electrons. The number of halogens is 3. The summed E-state index contributed by atoms with van der Waals surface area (Å²) in [5.74, 6) is 0.0727. The summed E-state index contributed by atoms with van der Waals surface area (Å²) in [6.45, 7) is 5.25. The molecule has 3 aromatic rings. The molecule has 0 aliphatic heterocycles. The predicted octanol–water partition coefficient (Wildman–Crippen LogP) is 4.16. The van der Waals surface area contributed by atoms with Gasteiger partial charge in [-0.25, -0.2) is 9.97 Å². The van der Waals surface area contributed by atoms with E-state index in [0.717, 1.165) is 17.8 Å². The van der Waals surface area contributed by atoms with Crippen LogP contribution in [0, 0.1) is 0 Å². The molecule has 0 amide bonds. The number of aromatic nitrogens is 3. The number of benzene rings is 1.